The molecule has 2 amide bonds. The van der Waals surface area contributed by atoms with Crippen LogP contribution in [0.2, 0.25) is 0 Å². The van der Waals surface area contributed by atoms with Gasteiger partial charge < -0.3 is 25.2 Å². The van der Waals surface area contributed by atoms with Crippen LogP contribution in [-0.4, -0.2) is 60.1 Å². The zero-order valence-corrected chi connectivity index (χ0v) is 17.5. The van der Waals surface area contributed by atoms with Gasteiger partial charge >= 0.3 is 6.03 Å². The summed E-state index contributed by atoms with van der Waals surface area (Å²) in [4.78, 5) is 23.0. The first-order valence-electron chi connectivity index (χ1n) is 9.29. The van der Waals surface area contributed by atoms with Gasteiger partial charge in [-0.15, -0.1) is 0 Å². The van der Waals surface area contributed by atoms with E-state index in [-0.39, 0.29) is 12.1 Å². The number of hydrogen-bond acceptors (Lipinski definition) is 7. The molecule has 0 aliphatic rings. The summed E-state index contributed by atoms with van der Waals surface area (Å²) in [6.45, 7) is 5.97. The Balaban J connectivity index is 2.34. The van der Waals surface area contributed by atoms with E-state index >= 15 is 0 Å². The maximum Gasteiger partial charge on any atom is 0.327 e. The second kappa shape index (κ2) is 10.0. The number of amides is 2. The van der Waals surface area contributed by atoms with Crippen LogP contribution in [0.1, 0.15) is 20.8 Å². The zero-order chi connectivity index (χ0) is 21.4. The topological polar surface area (TPSA) is 109 Å². The molecule has 0 unspecified atom stereocenters. The molecule has 1 aromatic carbocycles. The van der Waals surface area contributed by atoms with E-state index in [9.17, 15) is 9.90 Å². The molecular formula is C20H29N5O4. The summed E-state index contributed by atoms with van der Waals surface area (Å²) in [6.07, 6.45) is 1.56. The summed E-state index contributed by atoms with van der Waals surface area (Å²) >= 11 is 0. The Hall–Kier alpha value is -2.91. The quantitative estimate of drug-likeness (QED) is 0.552. The van der Waals surface area contributed by atoms with E-state index in [0.29, 0.717) is 36.4 Å². The molecule has 0 fully saturated rings. The van der Waals surface area contributed by atoms with Crippen molar-refractivity contribution in [2.24, 2.45) is 0 Å². The summed E-state index contributed by atoms with van der Waals surface area (Å²) in [7, 11) is 3.15. The fraction of sp³-hybridized carbons (Fsp3) is 0.450. The van der Waals surface area contributed by atoms with Crippen LogP contribution in [0.4, 0.5) is 22.2 Å². The highest BCUT2D eigenvalue weighted by Crippen LogP contribution is 2.26. The maximum absolute atomic E-state index is 12.9. The highest BCUT2D eigenvalue weighted by atomic mass is 16.5. The number of aromatic nitrogens is 2. The lowest BCUT2D eigenvalue weighted by atomic mass is 10.0. The van der Waals surface area contributed by atoms with Crippen LogP contribution < -0.4 is 20.3 Å². The van der Waals surface area contributed by atoms with Crippen molar-refractivity contribution < 1.29 is 19.4 Å². The molecule has 0 spiro atoms. The van der Waals surface area contributed by atoms with Gasteiger partial charge in [-0.3, -0.25) is 0 Å². The van der Waals surface area contributed by atoms with Crippen molar-refractivity contribution in [3.63, 3.8) is 0 Å². The number of methoxy groups -OCH3 is 2. The third-order valence-electron chi connectivity index (χ3n) is 4.39. The molecule has 0 aliphatic heterocycles. The number of nitrogens with one attached hydrogen (secondary N) is 2. The molecule has 0 radical (unpaired) electrons. The number of aliphatic hydroxyl groups is 1. The van der Waals surface area contributed by atoms with E-state index in [2.05, 4.69) is 20.6 Å². The molecular weight excluding hydrogens is 374 g/mol. The van der Waals surface area contributed by atoms with Crippen molar-refractivity contribution in [1.82, 2.24) is 15.3 Å². The Kier molecular flexibility index (Phi) is 7.74. The minimum atomic E-state index is -0.966. The van der Waals surface area contributed by atoms with E-state index < -0.39 is 5.60 Å². The van der Waals surface area contributed by atoms with Crippen LogP contribution in [0, 0.1) is 0 Å². The SMILES string of the molecule is COCCNC(=O)N(c1ccc(OC)cc1)c1ccnc(N[C@@H](C)C(C)(C)O)n1. The molecule has 1 heterocycles. The minimum Gasteiger partial charge on any atom is -0.497 e. The molecule has 0 bridgehead atoms. The monoisotopic (exact) mass is 403 g/mol. The minimum absolute atomic E-state index is 0.303. The van der Waals surface area contributed by atoms with E-state index in [1.54, 1.807) is 64.6 Å². The number of benzene rings is 1. The number of ether oxygens (including phenoxy) is 2. The molecule has 0 saturated carbocycles. The molecule has 1 atom stereocenters. The molecule has 158 valence electrons. The maximum atomic E-state index is 12.9. The van der Waals surface area contributed by atoms with Gasteiger partial charge in [-0.2, -0.15) is 4.98 Å². The van der Waals surface area contributed by atoms with E-state index in [1.807, 2.05) is 6.92 Å². The van der Waals surface area contributed by atoms with E-state index in [1.165, 1.54) is 4.90 Å². The number of carbonyl (C=O) groups is 1. The lowest BCUT2D eigenvalue weighted by Gasteiger charge is -2.27. The molecule has 0 saturated heterocycles. The second-order valence-electron chi connectivity index (χ2n) is 7.02. The van der Waals surface area contributed by atoms with Crippen LogP contribution >= 0.6 is 0 Å². The molecule has 9 heteroatoms. The van der Waals surface area contributed by atoms with Crippen molar-refractivity contribution in [3.05, 3.63) is 36.5 Å². The van der Waals surface area contributed by atoms with Crippen molar-refractivity contribution >= 4 is 23.5 Å². The number of rotatable bonds is 9. The summed E-state index contributed by atoms with van der Waals surface area (Å²) in [5.41, 5.74) is -0.354. The Morgan fingerprint density at radius 3 is 2.52 bits per heavy atom. The summed E-state index contributed by atoms with van der Waals surface area (Å²) in [5, 5.41) is 16.0. The molecule has 3 N–H and O–H groups in total. The number of urea groups is 1. The van der Waals surface area contributed by atoms with Gasteiger partial charge in [-0.1, -0.05) is 0 Å². The van der Waals surface area contributed by atoms with Crippen LogP contribution in [0.15, 0.2) is 36.5 Å². The Morgan fingerprint density at radius 2 is 1.93 bits per heavy atom. The molecule has 29 heavy (non-hydrogen) atoms. The molecule has 1 aromatic heterocycles. The third kappa shape index (κ3) is 6.30. The van der Waals surface area contributed by atoms with Gasteiger partial charge in [0.2, 0.25) is 5.95 Å². The van der Waals surface area contributed by atoms with Crippen molar-refractivity contribution in [2.45, 2.75) is 32.4 Å². The van der Waals surface area contributed by atoms with Gasteiger partial charge in [-0.05, 0) is 45.0 Å². The third-order valence-corrected chi connectivity index (χ3v) is 4.39. The molecule has 9 nitrogen and oxygen atoms in total. The first-order valence-corrected chi connectivity index (χ1v) is 9.29. The Morgan fingerprint density at radius 1 is 1.24 bits per heavy atom. The lowest BCUT2D eigenvalue weighted by molar-refractivity contribution is 0.0646. The normalized spacial score (nSPS) is 12.2. The number of carbonyl (C=O) groups excluding carboxylic acids is 1. The predicted octanol–water partition coefficient (Wildman–Crippen LogP) is 2.55. The van der Waals surface area contributed by atoms with Crippen LogP contribution in [0.5, 0.6) is 5.75 Å². The van der Waals surface area contributed by atoms with Crippen LogP contribution in [0.3, 0.4) is 0 Å². The molecule has 2 aromatic rings. The van der Waals surface area contributed by atoms with E-state index in [4.69, 9.17) is 9.47 Å². The molecule has 0 aliphatic carbocycles. The number of anilines is 3. The van der Waals surface area contributed by atoms with Gasteiger partial charge in [0.15, 0.2) is 0 Å². The lowest BCUT2D eigenvalue weighted by Crippen LogP contribution is -2.40. The molecule has 2 rings (SSSR count). The zero-order valence-electron chi connectivity index (χ0n) is 17.5. The van der Waals surface area contributed by atoms with Crippen LogP contribution in [-0.2, 0) is 4.74 Å². The summed E-state index contributed by atoms with van der Waals surface area (Å²) in [5.74, 6) is 1.36. The predicted molar refractivity (Wildman–Crippen MR) is 112 cm³/mol. The van der Waals surface area contributed by atoms with Gasteiger partial charge in [0.25, 0.3) is 0 Å². The number of hydrogen-bond donors (Lipinski definition) is 3. The van der Waals surface area contributed by atoms with Gasteiger partial charge in [0, 0.05) is 25.9 Å². The van der Waals surface area contributed by atoms with Gasteiger partial charge in [0.1, 0.15) is 11.6 Å². The van der Waals surface area contributed by atoms with Crippen molar-refractivity contribution in [1.29, 1.82) is 0 Å². The Bertz CT molecular complexity index is 792. The van der Waals surface area contributed by atoms with E-state index in [0.717, 1.165) is 0 Å². The second-order valence-corrected chi connectivity index (χ2v) is 7.02. The fourth-order valence-corrected chi connectivity index (χ4v) is 2.34. The van der Waals surface area contributed by atoms with Crippen molar-refractivity contribution in [2.75, 3.05) is 37.6 Å². The summed E-state index contributed by atoms with van der Waals surface area (Å²) in [6, 6.07) is 8.05. The van der Waals surface area contributed by atoms with Crippen LogP contribution in [0.25, 0.3) is 0 Å². The highest BCUT2D eigenvalue weighted by Gasteiger charge is 2.24. The first kappa shape index (κ1) is 22.4. The smallest absolute Gasteiger partial charge is 0.327 e. The average molecular weight is 403 g/mol. The average Bonchev–Trinajstić information content (AvgIpc) is 2.68. The van der Waals surface area contributed by atoms with Crippen molar-refractivity contribution in [3.8, 4) is 5.75 Å². The van der Waals surface area contributed by atoms with Gasteiger partial charge in [-0.25, -0.2) is 14.7 Å². The largest absolute Gasteiger partial charge is 0.497 e. The number of nitrogens with zero attached hydrogens (tertiary/aromatic N) is 3. The van der Waals surface area contributed by atoms with Gasteiger partial charge in [0.05, 0.1) is 31.0 Å². The Labute approximate surface area is 171 Å². The fourth-order valence-electron chi connectivity index (χ4n) is 2.34. The first-order chi connectivity index (χ1) is 13.8. The standard InChI is InChI=1S/C20H29N5O4/c1-14(20(2,3)27)23-18-21-11-10-17(24-18)25(19(26)22-12-13-28-4)15-6-8-16(29-5)9-7-15/h6-11,14,27H,12-13H2,1-5H3,(H,22,26)(H,21,23,24)/t14-/m0/s1. The summed E-state index contributed by atoms with van der Waals surface area (Å²) < 4.78 is 10.2. The highest BCUT2D eigenvalue weighted by molar-refractivity contribution is 5.98.